The van der Waals surface area contributed by atoms with Crippen LogP contribution in [-0.4, -0.2) is 88.0 Å². The van der Waals surface area contributed by atoms with Crippen molar-refractivity contribution in [3.63, 3.8) is 0 Å². The minimum absolute atomic E-state index is 0.00431. The zero-order valence-electron chi connectivity index (χ0n) is 21.4. The lowest BCUT2D eigenvalue weighted by Crippen LogP contribution is -2.67. The molecule has 192 valence electrons. The molecule has 8 heteroatoms. The lowest BCUT2D eigenvalue weighted by atomic mass is 9.68. The summed E-state index contributed by atoms with van der Waals surface area (Å²) in [6.45, 7) is 9.81. The van der Waals surface area contributed by atoms with Crippen LogP contribution in [0.2, 0.25) is 0 Å². The number of amides is 3. The number of carbonyl (C=O) groups is 3. The average molecular weight is 494 g/mol. The SMILES string of the molecule is CC(=O)N1C2CCC(C3CCC(C(=O)N4CCSCC4)CC3)CC2N(C(=O)OC(C)C)C[C@@H]1C. The van der Waals surface area contributed by atoms with E-state index in [2.05, 4.69) is 4.90 Å². The van der Waals surface area contributed by atoms with Crippen molar-refractivity contribution in [3.8, 4) is 0 Å². The first-order valence-electron chi connectivity index (χ1n) is 13.4. The van der Waals surface area contributed by atoms with E-state index in [0.29, 0.717) is 24.3 Å². The van der Waals surface area contributed by atoms with Gasteiger partial charge < -0.3 is 19.4 Å². The van der Waals surface area contributed by atoms with Gasteiger partial charge in [0, 0.05) is 50.0 Å². The summed E-state index contributed by atoms with van der Waals surface area (Å²) in [5, 5.41) is 0. The molecule has 2 heterocycles. The summed E-state index contributed by atoms with van der Waals surface area (Å²) in [7, 11) is 0. The van der Waals surface area contributed by atoms with E-state index in [1.54, 1.807) is 6.92 Å². The Kier molecular flexibility index (Phi) is 8.36. The van der Waals surface area contributed by atoms with Crippen LogP contribution in [0.5, 0.6) is 0 Å². The normalized spacial score (nSPS) is 34.6. The molecule has 0 aromatic heterocycles. The Hall–Kier alpha value is -1.44. The molecule has 34 heavy (non-hydrogen) atoms. The zero-order chi connectivity index (χ0) is 24.4. The summed E-state index contributed by atoms with van der Waals surface area (Å²) in [4.78, 5) is 44.5. The topological polar surface area (TPSA) is 70.2 Å². The van der Waals surface area contributed by atoms with Crippen molar-refractivity contribution in [3.05, 3.63) is 0 Å². The van der Waals surface area contributed by atoms with Crippen LogP contribution in [-0.2, 0) is 14.3 Å². The predicted octanol–water partition coefficient (Wildman–Crippen LogP) is 4.00. The fourth-order valence-corrected chi connectivity index (χ4v) is 7.89. The highest BCUT2D eigenvalue weighted by Crippen LogP contribution is 2.44. The molecule has 2 saturated heterocycles. The van der Waals surface area contributed by atoms with Crippen LogP contribution >= 0.6 is 11.8 Å². The molecule has 0 aromatic carbocycles. The molecule has 3 unspecified atom stereocenters. The number of carbonyl (C=O) groups excluding carboxylic acids is 3. The number of piperazine rings is 1. The summed E-state index contributed by atoms with van der Waals surface area (Å²) in [6, 6.07) is 0.104. The fourth-order valence-electron chi connectivity index (χ4n) is 6.99. The molecule has 0 radical (unpaired) electrons. The van der Waals surface area contributed by atoms with E-state index < -0.39 is 0 Å². The van der Waals surface area contributed by atoms with Crippen LogP contribution in [0.15, 0.2) is 0 Å². The van der Waals surface area contributed by atoms with E-state index >= 15 is 0 Å². The van der Waals surface area contributed by atoms with Gasteiger partial charge in [-0.3, -0.25) is 9.59 Å². The molecule has 4 rings (SSSR count). The van der Waals surface area contributed by atoms with Gasteiger partial charge >= 0.3 is 6.09 Å². The Labute approximate surface area is 209 Å². The molecule has 2 aliphatic heterocycles. The van der Waals surface area contributed by atoms with Crippen LogP contribution in [0, 0.1) is 17.8 Å². The monoisotopic (exact) mass is 493 g/mol. The van der Waals surface area contributed by atoms with Gasteiger partial charge in [-0.05, 0) is 77.6 Å². The summed E-state index contributed by atoms with van der Waals surface area (Å²) in [5.74, 6) is 3.96. The van der Waals surface area contributed by atoms with Crippen molar-refractivity contribution in [1.29, 1.82) is 0 Å². The van der Waals surface area contributed by atoms with Gasteiger partial charge in [0.1, 0.15) is 0 Å². The van der Waals surface area contributed by atoms with Crippen molar-refractivity contribution in [1.82, 2.24) is 14.7 Å². The highest BCUT2D eigenvalue weighted by atomic mass is 32.2. The molecular formula is C26H43N3O4S. The van der Waals surface area contributed by atoms with Gasteiger partial charge in [0.05, 0.1) is 18.2 Å². The molecule has 2 saturated carbocycles. The fraction of sp³-hybridized carbons (Fsp3) is 0.885. The quantitative estimate of drug-likeness (QED) is 0.594. The van der Waals surface area contributed by atoms with Crippen LogP contribution in [0.25, 0.3) is 0 Å². The Bertz CT molecular complexity index is 748. The maximum atomic E-state index is 13.0. The second-order valence-corrected chi connectivity index (χ2v) is 12.3. The molecule has 4 atom stereocenters. The first kappa shape index (κ1) is 25.6. The van der Waals surface area contributed by atoms with Gasteiger partial charge in [-0.1, -0.05) is 0 Å². The second-order valence-electron chi connectivity index (χ2n) is 11.1. The smallest absolute Gasteiger partial charge is 0.410 e. The van der Waals surface area contributed by atoms with Crippen molar-refractivity contribution >= 4 is 29.7 Å². The average Bonchev–Trinajstić information content (AvgIpc) is 2.82. The van der Waals surface area contributed by atoms with Gasteiger partial charge in [0.2, 0.25) is 11.8 Å². The number of ether oxygens (including phenoxy) is 1. The number of fused-ring (bicyclic) bond motifs is 1. The first-order valence-corrected chi connectivity index (χ1v) is 14.5. The number of rotatable bonds is 3. The third-order valence-electron chi connectivity index (χ3n) is 8.56. The van der Waals surface area contributed by atoms with Crippen LogP contribution in [0.4, 0.5) is 4.79 Å². The van der Waals surface area contributed by atoms with E-state index in [-0.39, 0.29) is 42.1 Å². The maximum Gasteiger partial charge on any atom is 0.410 e. The predicted molar refractivity (Wildman–Crippen MR) is 135 cm³/mol. The summed E-state index contributed by atoms with van der Waals surface area (Å²) in [5.41, 5.74) is 0. The Balaban J connectivity index is 1.40. The van der Waals surface area contributed by atoms with Gasteiger partial charge in [-0.2, -0.15) is 11.8 Å². The van der Waals surface area contributed by atoms with Crippen LogP contribution in [0.3, 0.4) is 0 Å². The van der Waals surface area contributed by atoms with Crippen LogP contribution in [0.1, 0.15) is 72.6 Å². The van der Waals surface area contributed by atoms with Crippen LogP contribution < -0.4 is 0 Å². The van der Waals surface area contributed by atoms with E-state index in [4.69, 9.17) is 4.74 Å². The van der Waals surface area contributed by atoms with E-state index in [1.165, 1.54) is 0 Å². The number of nitrogens with zero attached hydrogens (tertiary/aromatic N) is 3. The van der Waals surface area contributed by atoms with E-state index in [9.17, 15) is 14.4 Å². The van der Waals surface area contributed by atoms with Gasteiger partial charge in [0.25, 0.3) is 0 Å². The van der Waals surface area contributed by atoms with Gasteiger partial charge in [0.15, 0.2) is 0 Å². The molecule has 4 fully saturated rings. The molecule has 0 spiro atoms. The lowest BCUT2D eigenvalue weighted by Gasteiger charge is -2.54. The Morgan fingerprint density at radius 3 is 2.18 bits per heavy atom. The minimum atomic E-state index is -0.241. The molecule has 7 nitrogen and oxygen atoms in total. The van der Waals surface area contributed by atoms with Crippen molar-refractivity contribution in [2.45, 2.75) is 96.9 Å². The second kappa shape index (κ2) is 11.1. The maximum absolute atomic E-state index is 13.0. The van der Waals surface area contributed by atoms with Crippen molar-refractivity contribution in [2.24, 2.45) is 17.8 Å². The zero-order valence-corrected chi connectivity index (χ0v) is 22.2. The van der Waals surface area contributed by atoms with Gasteiger partial charge in [-0.25, -0.2) is 4.79 Å². The minimum Gasteiger partial charge on any atom is -0.447 e. The number of thioether (sulfide) groups is 1. The summed E-state index contributed by atoms with van der Waals surface area (Å²) >= 11 is 1.94. The lowest BCUT2D eigenvalue weighted by molar-refractivity contribution is -0.142. The molecule has 0 N–H and O–H groups in total. The number of hydrogen-bond donors (Lipinski definition) is 0. The molecule has 0 bridgehead atoms. The number of hydrogen-bond acceptors (Lipinski definition) is 5. The standard InChI is InChI=1S/C26H43N3O4S/c1-17(2)33-26(32)28-16-18(3)29(19(4)30)23-10-9-22(15-24(23)28)20-5-7-21(8-6-20)25(31)27-11-13-34-14-12-27/h17-18,20-24H,5-16H2,1-4H3/t18-,20?,21?,22?,23?,24?/m0/s1. The van der Waals surface area contributed by atoms with E-state index in [1.807, 2.05) is 42.3 Å². The van der Waals surface area contributed by atoms with E-state index in [0.717, 1.165) is 69.5 Å². The summed E-state index contributed by atoms with van der Waals surface area (Å²) < 4.78 is 5.60. The molecular weight excluding hydrogens is 450 g/mol. The van der Waals surface area contributed by atoms with Crippen molar-refractivity contribution in [2.75, 3.05) is 31.1 Å². The highest BCUT2D eigenvalue weighted by molar-refractivity contribution is 7.99. The Morgan fingerprint density at radius 2 is 1.56 bits per heavy atom. The molecule has 2 aliphatic carbocycles. The summed E-state index contributed by atoms with van der Waals surface area (Å²) in [6.07, 6.45) is 6.76. The van der Waals surface area contributed by atoms with Gasteiger partial charge in [-0.15, -0.1) is 0 Å². The molecule has 3 amide bonds. The molecule has 4 aliphatic rings. The first-order chi connectivity index (χ1) is 16.3. The van der Waals surface area contributed by atoms with Crippen molar-refractivity contribution < 1.29 is 19.1 Å². The highest BCUT2D eigenvalue weighted by Gasteiger charge is 2.48. The third-order valence-corrected chi connectivity index (χ3v) is 9.50. The largest absolute Gasteiger partial charge is 0.447 e. The third kappa shape index (κ3) is 5.52. The molecule has 0 aromatic rings. The Morgan fingerprint density at radius 1 is 0.912 bits per heavy atom.